The molecule has 1 heterocycles. The van der Waals surface area contributed by atoms with Crippen LogP contribution in [-0.2, 0) is 26.3 Å². The lowest BCUT2D eigenvalue weighted by Crippen LogP contribution is -2.48. The number of nitrogens with zero attached hydrogens (tertiary/aromatic N) is 1. The summed E-state index contributed by atoms with van der Waals surface area (Å²) < 4.78 is 28.1. The van der Waals surface area contributed by atoms with Gasteiger partial charge in [-0.05, 0) is 56.7 Å². The van der Waals surface area contributed by atoms with Crippen molar-refractivity contribution in [1.82, 2.24) is 9.79 Å². The maximum atomic E-state index is 13.5. The molecule has 0 aliphatic carbocycles. The summed E-state index contributed by atoms with van der Waals surface area (Å²) >= 11 is 0. The minimum atomic E-state index is -4.01. The van der Waals surface area contributed by atoms with E-state index >= 15 is 0 Å². The molecule has 37 heavy (non-hydrogen) atoms. The quantitative estimate of drug-likeness (QED) is 0.408. The SMILES string of the molecule is Cc1cc(C)cc(C(=O)Nc2ccc3c(c2)NCCN([C@H](C)C(=O)NOCc2ccccc2)S3(=O)=O)c1. The fourth-order valence-corrected chi connectivity index (χ4v) is 5.96. The molecule has 0 bridgehead atoms. The summed E-state index contributed by atoms with van der Waals surface area (Å²) in [5.41, 5.74) is 6.51. The van der Waals surface area contributed by atoms with Gasteiger partial charge in [-0.1, -0.05) is 47.5 Å². The average molecular weight is 523 g/mol. The molecule has 0 unspecified atom stereocenters. The normalized spacial score (nSPS) is 15.5. The van der Waals surface area contributed by atoms with Gasteiger partial charge in [0.25, 0.3) is 11.8 Å². The number of hydrogen-bond donors (Lipinski definition) is 3. The van der Waals surface area contributed by atoms with Crippen LogP contribution in [0.5, 0.6) is 0 Å². The Labute approximate surface area is 216 Å². The maximum absolute atomic E-state index is 13.5. The highest BCUT2D eigenvalue weighted by atomic mass is 32.2. The summed E-state index contributed by atoms with van der Waals surface area (Å²) in [6.45, 7) is 5.87. The lowest BCUT2D eigenvalue weighted by molar-refractivity contribution is -0.138. The Bertz CT molecular complexity index is 1390. The first-order valence-corrected chi connectivity index (χ1v) is 13.3. The number of carbonyl (C=O) groups is 2. The predicted molar refractivity (Wildman–Crippen MR) is 142 cm³/mol. The molecule has 1 atom stereocenters. The number of hydroxylamine groups is 1. The van der Waals surface area contributed by atoms with E-state index in [1.807, 2.05) is 50.2 Å². The fourth-order valence-electron chi connectivity index (χ4n) is 4.21. The highest BCUT2D eigenvalue weighted by molar-refractivity contribution is 7.89. The second-order valence-electron chi connectivity index (χ2n) is 9.00. The average Bonchev–Trinajstić information content (AvgIpc) is 2.98. The number of anilines is 2. The van der Waals surface area contributed by atoms with Crippen molar-refractivity contribution in [3.05, 3.63) is 89.0 Å². The molecule has 1 aliphatic rings. The molecule has 0 saturated carbocycles. The van der Waals surface area contributed by atoms with E-state index in [9.17, 15) is 18.0 Å². The molecule has 4 rings (SSSR count). The summed E-state index contributed by atoms with van der Waals surface area (Å²) in [6.07, 6.45) is 0. The largest absolute Gasteiger partial charge is 0.383 e. The van der Waals surface area contributed by atoms with E-state index in [1.54, 1.807) is 18.2 Å². The number of aryl methyl sites for hydroxylation is 2. The lowest BCUT2D eigenvalue weighted by atomic mass is 10.1. The van der Waals surface area contributed by atoms with Crippen molar-refractivity contribution in [2.45, 2.75) is 38.3 Å². The van der Waals surface area contributed by atoms with Gasteiger partial charge in [-0.3, -0.25) is 14.4 Å². The molecule has 0 saturated heterocycles. The zero-order valence-electron chi connectivity index (χ0n) is 20.9. The van der Waals surface area contributed by atoms with E-state index in [2.05, 4.69) is 16.1 Å². The van der Waals surface area contributed by atoms with Gasteiger partial charge in [0.2, 0.25) is 10.0 Å². The Balaban J connectivity index is 1.46. The summed E-state index contributed by atoms with van der Waals surface area (Å²) in [5.74, 6) is -0.856. The van der Waals surface area contributed by atoms with Gasteiger partial charge in [0.1, 0.15) is 10.9 Å². The second-order valence-corrected chi connectivity index (χ2v) is 10.9. The molecule has 0 spiro atoms. The minimum absolute atomic E-state index is 0.0271. The van der Waals surface area contributed by atoms with Crippen LogP contribution in [0.1, 0.15) is 34.0 Å². The van der Waals surface area contributed by atoms with Gasteiger partial charge in [0.15, 0.2) is 0 Å². The van der Waals surface area contributed by atoms with Crippen molar-refractivity contribution in [3.8, 4) is 0 Å². The molecule has 0 fully saturated rings. The molecule has 3 N–H and O–H groups in total. The third-order valence-electron chi connectivity index (χ3n) is 6.02. The zero-order chi connectivity index (χ0) is 26.6. The van der Waals surface area contributed by atoms with Crippen molar-refractivity contribution in [1.29, 1.82) is 0 Å². The van der Waals surface area contributed by atoms with Crippen LogP contribution in [-0.4, -0.2) is 43.7 Å². The molecule has 10 heteroatoms. The van der Waals surface area contributed by atoms with Crippen LogP contribution in [0.25, 0.3) is 0 Å². The number of hydrogen-bond acceptors (Lipinski definition) is 6. The molecule has 2 amide bonds. The lowest BCUT2D eigenvalue weighted by Gasteiger charge is -2.25. The fraction of sp³-hybridized carbons (Fsp3) is 0.259. The molecular weight excluding hydrogens is 492 g/mol. The van der Waals surface area contributed by atoms with E-state index in [0.29, 0.717) is 16.9 Å². The molecular formula is C27H30N4O5S. The van der Waals surface area contributed by atoms with E-state index in [-0.39, 0.29) is 30.5 Å². The molecule has 0 radical (unpaired) electrons. The first kappa shape index (κ1) is 26.3. The van der Waals surface area contributed by atoms with E-state index in [4.69, 9.17) is 4.84 Å². The minimum Gasteiger partial charge on any atom is -0.383 e. The monoisotopic (exact) mass is 522 g/mol. The number of amides is 2. The highest BCUT2D eigenvalue weighted by Crippen LogP contribution is 2.31. The predicted octanol–water partition coefficient (Wildman–Crippen LogP) is 3.61. The molecule has 1 aliphatic heterocycles. The van der Waals surface area contributed by atoms with Crippen molar-refractivity contribution in [2.75, 3.05) is 23.7 Å². The first-order valence-electron chi connectivity index (χ1n) is 11.9. The topological polar surface area (TPSA) is 117 Å². The maximum Gasteiger partial charge on any atom is 0.261 e. The Morgan fingerprint density at radius 3 is 2.43 bits per heavy atom. The van der Waals surface area contributed by atoms with Crippen LogP contribution in [0.3, 0.4) is 0 Å². The molecule has 3 aromatic rings. The first-order chi connectivity index (χ1) is 17.6. The van der Waals surface area contributed by atoms with E-state index in [1.165, 1.54) is 19.1 Å². The molecule has 3 aromatic carbocycles. The van der Waals surface area contributed by atoms with Crippen molar-refractivity contribution in [2.24, 2.45) is 0 Å². The standard InChI is InChI=1S/C27H30N4O5S/c1-18-13-19(2)15-22(14-18)27(33)29-23-9-10-25-24(16-23)28-11-12-31(37(25,34)35)20(3)26(32)30-36-17-21-7-5-4-6-8-21/h4-10,13-16,20,28H,11-12,17H2,1-3H3,(H,29,33)(H,30,32)/t20-/m1/s1. The smallest absolute Gasteiger partial charge is 0.261 e. The third kappa shape index (κ3) is 6.16. The van der Waals surface area contributed by atoms with Gasteiger partial charge >= 0.3 is 0 Å². The van der Waals surface area contributed by atoms with Gasteiger partial charge in [-0.25, -0.2) is 13.9 Å². The van der Waals surface area contributed by atoms with Crippen molar-refractivity contribution < 1.29 is 22.8 Å². The van der Waals surface area contributed by atoms with Gasteiger partial charge in [-0.2, -0.15) is 4.31 Å². The zero-order valence-corrected chi connectivity index (χ0v) is 21.8. The van der Waals surface area contributed by atoms with Gasteiger partial charge in [0, 0.05) is 24.3 Å². The van der Waals surface area contributed by atoms with Crippen LogP contribution in [0.15, 0.2) is 71.6 Å². The van der Waals surface area contributed by atoms with Crippen molar-refractivity contribution >= 4 is 33.2 Å². The number of nitrogens with one attached hydrogen (secondary N) is 3. The number of carbonyl (C=O) groups excluding carboxylic acids is 2. The second kappa shape index (κ2) is 11.1. The summed E-state index contributed by atoms with van der Waals surface area (Å²) in [7, 11) is -4.01. The molecule has 194 valence electrons. The highest BCUT2D eigenvalue weighted by Gasteiger charge is 2.36. The molecule has 0 aromatic heterocycles. The van der Waals surface area contributed by atoms with E-state index in [0.717, 1.165) is 21.0 Å². The molecule has 9 nitrogen and oxygen atoms in total. The van der Waals surface area contributed by atoms with Gasteiger partial charge in [0.05, 0.1) is 12.3 Å². The van der Waals surface area contributed by atoms with E-state index < -0.39 is 22.0 Å². The van der Waals surface area contributed by atoms with Crippen LogP contribution in [0, 0.1) is 13.8 Å². The van der Waals surface area contributed by atoms with Gasteiger partial charge in [-0.15, -0.1) is 0 Å². The third-order valence-corrected chi connectivity index (χ3v) is 8.05. The van der Waals surface area contributed by atoms with Crippen molar-refractivity contribution in [3.63, 3.8) is 0 Å². The Morgan fingerprint density at radius 2 is 1.73 bits per heavy atom. The van der Waals surface area contributed by atoms with Crippen LogP contribution in [0.2, 0.25) is 0 Å². The number of fused-ring (bicyclic) bond motifs is 1. The van der Waals surface area contributed by atoms with Gasteiger partial charge < -0.3 is 10.6 Å². The Morgan fingerprint density at radius 1 is 1.03 bits per heavy atom. The van der Waals surface area contributed by atoms with Crippen LogP contribution in [0.4, 0.5) is 11.4 Å². The summed E-state index contributed by atoms with van der Waals surface area (Å²) in [5, 5.41) is 5.94. The Kier molecular flexibility index (Phi) is 7.91. The Hall–Kier alpha value is -3.73. The summed E-state index contributed by atoms with van der Waals surface area (Å²) in [4.78, 5) is 30.8. The number of rotatable bonds is 7. The summed E-state index contributed by atoms with van der Waals surface area (Å²) in [6, 6.07) is 18.4. The number of benzene rings is 3. The number of sulfonamides is 1. The van der Waals surface area contributed by atoms with Crippen LogP contribution >= 0.6 is 0 Å². The van der Waals surface area contributed by atoms with Crippen LogP contribution < -0.4 is 16.1 Å².